The van der Waals surface area contributed by atoms with Crippen LogP contribution in [0, 0.1) is 0 Å². The highest BCUT2D eigenvalue weighted by molar-refractivity contribution is 6.43. The summed E-state index contributed by atoms with van der Waals surface area (Å²) >= 11 is 17.6. The van der Waals surface area contributed by atoms with E-state index in [0.717, 1.165) is 5.56 Å². The number of amides is 2. The number of carbonyl (C=O) groups excluding carboxylic acids is 3. The molecule has 3 N–H and O–H groups in total. The molecule has 2 aromatic carbocycles. The van der Waals surface area contributed by atoms with Gasteiger partial charge < -0.3 is 20.5 Å². The zero-order valence-corrected chi connectivity index (χ0v) is 16.6. The molecule has 2 amide bonds. The van der Waals surface area contributed by atoms with Crippen LogP contribution in [0.25, 0.3) is 0 Å². The fraction of sp³-hybridized carbons (Fsp3) is 0.167. The van der Waals surface area contributed by atoms with Crippen molar-refractivity contribution in [2.75, 3.05) is 0 Å². The Morgan fingerprint density at radius 3 is 2.29 bits per heavy atom. The molecule has 0 saturated heterocycles. The van der Waals surface area contributed by atoms with E-state index in [1.54, 1.807) is 24.3 Å². The third-order valence-electron chi connectivity index (χ3n) is 3.38. The lowest BCUT2D eigenvalue weighted by Gasteiger charge is -2.17. The second-order valence-corrected chi connectivity index (χ2v) is 6.77. The van der Waals surface area contributed by atoms with Crippen molar-refractivity contribution in [3.05, 3.63) is 63.1 Å². The van der Waals surface area contributed by atoms with E-state index in [2.05, 4.69) is 5.32 Å². The summed E-state index contributed by atoms with van der Waals surface area (Å²) in [7, 11) is 0. The summed E-state index contributed by atoms with van der Waals surface area (Å²) in [6.07, 6.45) is -1.43. The molecule has 0 radical (unpaired) electrons. The molecule has 148 valence electrons. The number of ether oxygens (including phenoxy) is 2. The first-order valence-electron chi connectivity index (χ1n) is 7.88. The van der Waals surface area contributed by atoms with Gasteiger partial charge in [0.25, 0.3) is 0 Å². The number of carbonyl (C=O) groups is 3. The van der Waals surface area contributed by atoms with Crippen molar-refractivity contribution in [3.63, 3.8) is 0 Å². The van der Waals surface area contributed by atoms with E-state index in [-0.39, 0.29) is 27.4 Å². The normalized spacial score (nSPS) is 11.4. The minimum absolute atomic E-state index is 0.0206. The largest absolute Gasteiger partial charge is 0.445 e. The Hall–Kier alpha value is -2.48. The summed E-state index contributed by atoms with van der Waals surface area (Å²) in [6, 6.07) is 10.0. The van der Waals surface area contributed by atoms with Crippen LogP contribution < -0.4 is 15.8 Å². The Bertz CT molecular complexity index is 877. The molecule has 7 nitrogen and oxygen atoms in total. The molecule has 0 heterocycles. The van der Waals surface area contributed by atoms with E-state index in [9.17, 15) is 14.4 Å². The third-order valence-corrected chi connectivity index (χ3v) is 4.40. The van der Waals surface area contributed by atoms with E-state index in [1.165, 1.54) is 12.1 Å². The Labute approximate surface area is 175 Å². The van der Waals surface area contributed by atoms with Gasteiger partial charge in [-0.1, -0.05) is 65.1 Å². The second kappa shape index (κ2) is 10.2. The zero-order valence-electron chi connectivity index (χ0n) is 14.3. The quantitative estimate of drug-likeness (QED) is 0.384. The van der Waals surface area contributed by atoms with Crippen molar-refractivity contribution in [2.45, 2.75) is 19.1 Å². The zero-order chi connectivity index (χ0) is 20.7. The summed E-state index contributed by atoms with van der Waals surface area (Å²) < 4.78 is 10.1. The standard InChI is InChI=1S/C18H15Cl3N2O5/c19-11-6-13(21)15(7-12(11)20)28-17(25)14(8-16(22)24)23-18(26)27-9-10-4-2-1-3-5-10/h1-7,14H,8-9H2,(H2,22,24)(H,23,26)/t14-/m0/s1. The van der Waals surface area contributed by atoms with Gasteiger partial charge in [0.1, 0.15) is 12.6 Å². The lowest BCUT2D eigenvalue weighted by atomic mass is 10.2. The van der Waals surface area contributed by atoms with Crippen molar-refractivity contribution < 1.29 is 23.9 Å². The summed E-state index contributed by atoms with van der Waals surface area (Å²) in [5, 5.41) is 2.54. The molecule has 0 spiro atoms. The molecule has 28 heavy (non-hydrogen) atoms. The first-order valence-corrected chi connectivity index (χ1v) is 9.01. The van der Waals surface area contributed by atoms with E-state index in [4.69, 9.17) is 50.0 Å². The molecule has 2 rings (SSSR count). The number of rotatable bonds is 7. The number of primary amides is 1. The number of esters is 1. The minimum Gasteiger partial charge on any atom is -0.445 e. The topological polar surface area (TPSA) is 108 Å². The number of benzene rings is 2. The molecule has 1 atom stereocenters. The van der Waals surface area contributed by atoms with E-state index in [0.29, 0.717) is 0 Å². The molecule has 0 fully saturated rings. The van der Waals surface area contributed by atoms with Gasteiger partial charge in [-0.25, -0.2) is 9.59 Å². The Kier molecular flexibility index (Phi) is 7.92. The molecular weight excluding hydrogens is 431 g/mol. The minimum atomic E-state index is -1.38. The Morgan fingerprint density at radius 2 is 1.64 bits per heavy atom. The summed E-state index contributed by atoms with van der Waals surface area (Å²) in [6.45, 7) is -0.0242. The van der Waals surface area contributed by atoms with Crippen LogP contribution in [0.3, 0.4) is 0 Å². The summed E-state index contributed by atoms with van der Waals surface area (Å²) in [5.74, 6) is -1.89. The molecule has 10 heteroatoms. The van der Waals surface area contributed by atoms with Crippen LogP contribution in [0.4, 0.5) is 4.79 Å². The molecule has 0 aromatic heterocycles. The molecule has 0 unspecified atom stereocenters. The number of nitrogens with one attached hydrogen (secondary N) is 1. The Morgan fingerprint density at radius 1 is 1.00 bits per heavy atom. The van der Waals surface area contributed by atoms with Crippen LogP contribution in [-0.4, -0.2) is 24.0 Å². The lowest BCUT2D eigenvalue weighted by Crippen LogP contribution is -2.45. The van der Waals surface area contributed by atoms with Crippen LogP contribution in [0.1, 0.15) is 12.0 Å². The fourth-order valence-corrected chi connectivity index (χ4v) is 2.64. The first kappa shape index (κ1) is 21.8. The van der Waals surface area contributed by atoms with E-state index >= 15 is 0 Å². The van der Waals surface area contributed by atoms with E-state index < -0.39 is 30.4 Å². The SMILES string of the molecule is NC(=O)C[C@H](NC(=O)OCc1ccccc1)C(=O)Oc1cc(Cl)c(Cl)cc1Cl. The summed E-state index contributed by atoms with van der Waals surface area (Å²) in [4.78, 5) is 35.6. The fourth-order valence-electron chi connectivity index (χ4n) is 2.06. The lowest BCUT2D eigenvalue weighted by molar-refractivity contribution is -0.138. The maximum atomic E-state index is 12.4. The van der Waals surface area contributed by atoms with Gasteiger partial charge in [0.05, 0.1) is 21.5 Å². The highest BCUT2D eigenvalue weighted by Gasteiger charge is 2.26. The van der Waals surface area contributed by atoms with Gasteiger partial charge in [0.15, 0.2) is 5.75 Å². The maximum Gasteiger partial charge on any atom is 0.408 e. The van der Waals surface area contributed by atoms with Gasteiger partial charge in [-0.3, -0.25) is 4.79 Å². The van der Waals surface area contributed by atoms with Crippen molar-refractivity contribution in [1.82, 2.24) is 5.32 Å². The van der Waals surface area contributed by atoms with Crippen molar-refractivity contribution >= 4 is 52.8 Å². The maximum absolute atomic E-state index is 12.4. The first-order chi connectivity index (χ1) is 13.3. The monoisotopic (exact) mass is 444 g/mol. The van der Waals surface area contributed by atoms with Gasteiger partial charge in [-0.05, 0) is 11.6 Å². The second-order valence-electron chi connectivity index (χ2n) is 5.55. The number of halogens is 3. The van der Waals surface area contributed by atoms with Crippen LogP contribution in [0.15, 0.2) is 42.5 Å². The number of alkyl carbamates (subject to hydrolysis) is 1. The molecule has 0 aliphatic carbocycles. The van der Waals surface area contributed by atoms with Gasteiger partial charge in [-0.2, -0.15) is 0 Å². The molecule has 0 saturated carbocycles. The van der Waals surface area contributed by atoms with Gasteiger partial charge in [0.2, 0.25) is 5.91 Å². The molecular formula is C18H15Cl3N2O5. The van der Waals surface area contributed by atoms with Crippen LogP contribution >= 0.6 is 34.8 Å². The highest BCUT2D eigenvalue weighted by Crippen LogP contribution is 2.34. The average molecular weight is 446 g/mol. The number of hydrogen-bond donors (Lipinski definition) is 2. The third kappa shape index (κ3) is 6.60. The molecule has 0 aliphatic rings. The average Bonchev–Trinajstić information content (AvgIpc) is 2.64. The molecule has 0 bridgehead atoms. The van der Waals surface area contributed by atoms with Crippen molar-refractivity contribution in [3.8, 4) is 5.75 Å². The highest BCUT2D eigenvalue weighted by atomic mass is 35.5. The van der Waals surface area contributed by atoms with Crippen LogP contribution in [0.2, 0.25) is 15.1 Å². The smallest absolute Gasteiger partial charge is 0.408 e. The predicted octanol–water partition coefficient (Wildman–Crippen LogP) is 3.72. The molecule has 0 aliphatic heterocycles. The molecule has 2 aromatic rings. The predicted molar refractivity (Wildman–Crippen MR) is 104 cm³/mol. The summed E-state index contributed by atoms with van der Waals surface area (Å²) in [5.41, 5.74) is 5.88. The van der Waals surface area contributed by atoms with Crippen molar-refractivity contribution in [2.24, 2.45) is 5.73 Å². The van der Waals surface area contributed by atoms with Gasteiger partial charge in [-0.15, -0.1) is 0 Å². The van der Waals surface area contributed by atoms with Gasteiger partial charge in [0, 0.05) is 6.07 Å². The van der Waals surface area contributed by atoms with E-state index in [1.807, 2.05) is 6.07 Å². The number of hydrogen-bond acceptors (Lipinski definition) is 5. The van der Waals surface area contributed by atoms with Crippen molar-refractivity contribution in [1.29, 1.82) is 0 Å². The number of nitrogens with two attached hydrogens (primary N) is 1. The van der Waals surface area contributed by atoms with Crippen LogP contribution in [-0.2, 0) is 20.9 Å². The van der Waals surface area contributed by atoms with Crippen LogP contribution in [0.5, 0.6) is 5.75 Å². The van der Waals surface area contributed by atoms with Gasteiger partial charge >= 0.3 is 12.1 Å². The Balaban J connectivity index is 2.03.